The molecule has 2 aliphatic heterocycles. The van der Waals surface area contributed by atoms with Gasteiger partial charge < -0.3 is 10.4 Å². The van der Waals surface area contributed by atoms with Crippen LogP contribution >= 0.6 is 0 Å². The molecule has 2 N–H and O–H groups in total. The lowest BCUT2D eigenvalue weighted by Gasteiger charge is -2.46. The lowest BCUT2D eigenvalue weighted by molar-refractivity contribution is -0.192. The van der Waals surface area contributed by atoms with Gasteiger partial charge in [0.25, 0.3) is 0 Å². The summed E-state index contributed by atoms with van der Waals surface area (Å²) in [5, 5.41) is 10.6. The van der Waals surface area contributed by atoms with Crippen molar-refractivity contribution in [3.05, 3.63) is 0 Å². The molecule has 130 valence electrons. The molecule has 22 heavy (non-hydrogen) atoms. The number of rotatable bonds is 1. The molecule has 0 amide bonds. The van der Waals surface area contributed by atoms with Gasteiger partial charge in [-0.05, 0) is 46.8 Å². The second-order valence-corrected chi connectivity index (χ2v) is 6.10. The van der Waals surface area contributed by atoms with E-state index in [1.807, 2.05) is 0 Å². The molecule has 0 radical (unpaired) electrons. The van der Waals surface area contributed by atoms with Gasteiger partial charge in [0, 0.05) is 31.2 Å². The summed E-state index contributed by atoms with van der Waals surface area (Å²) in [6, 6.07) is 2.26. The first kappa shape index (κ1) is 19.2. The van der Waals surface area contributed by atoms with Gasteiger partial charge in [-0.1, -0.05) is 0 Å². The highest BCUT2D eigenvalue weighted by atomic mass is 19.4. The molecule has 8 heteroatoms. The van der Waals surface area contributed by atoms with Crippen molar-refractivity contribution in [1.82, 2.24) is 15.1 Å². The van der Waals surface area contributed by atoms with Crippen LogP contribution in [0.1, 0.15) is 26.7 Å². The van der Waals surface area contributed by atoms with Gasteiger partial charge in [0.15, 0.2) is 0 Å². The maximum Gasteiger partial charge on any atom is 0.490 e. The number of hydrogen-bond acceptors (Lipinski definition) is 4. The molecule has 0 aromatic carbocycles. The Morgan fingerprint density at radius 3 is 1.91 bits per heavy atom. The van der Waals surface area contributed by atoms with Crippen molar-refractivity contribution in [2.24, 2.45) is 0 Å². The number of nitrogens with one attached hydrogen (secondary N) is 1. The van der Waals surface area contributed by atoms with E-state index in [0.29, 0.717) is 12.1 Å². The number of carboxylic acids is 1. The third-order valence-electron chi connectivity index (χ3n) is 4.46. The Morgan fingerprint density at radius 1 is 1.14 bits per heavy atom. The molecule has 2 fully saturated rings. The van der Waals surface area contributed by atoms with Gasteiger partial charge in [-0.25, -0.2) is 4.79 Å². The van der Waals surface area contributed by atoms with E-state index in [4.69, 9.17) is 9.90 Å². The minimum Gasteiger partial charge on any atom is -0.475 e. The van der Waals surface area contributed by atoms with Crippen LogP contribution < -0.4 is 5.32 Å². The Hall–Kier alpha value is -0.860. The second-order valence-electron chi connectivity index (χ2n) is 6.10. The number of hydrogen-bond donors (Lipinski definition) is 2. The highest BCUT2D eigenvalue weighted by molar-refractivity contribution is 5.73. The van der Waals surface area contributed by atoms with Crippen LogP contribution in [0.2, 0.25) is 0 Å². The summed E-state index contributed by atoms with van der Waals surface area (Å²) in [6.07, 6.45) is -2.41. The molecule has 0 spiro atoms. The van der Waals surface area contributed by atoms with E-state index in [9.17, 15) is 13.2 Å². The first-order valence-electron chi connectivity index (χ1n) is 7.59. The highest BCUT2D eigenvalue weighted by Crippen LogP contribution is 2.19. The Morgan fingerprint density at radius 2 is 1.55 bits per heavy atom. The van der Waals surface area contributed by atoms with E-state index in [1.54, 1.807) is 0 Å². The molecule has 0 bridgehead atoms. The van der Waals surface area contributed by atoms with Crippen molar-refractivity contribution in [3.63, 3.8) is 0 Å². The predicted molar refractivity (Wildman–Crippen MR) is 77.8 cm³/mol. The fourth-order valence-electron chi connectivity index (χ4n) is 2.92. The average molecular weight is 325 g/mol. The lowest BCUT2D eigenvalue weighted by atomic mass is 10.0. The number of likely N-dealkylation sites (N-methyl/N-ethyl adjacent to an activating group) is 1. The van der Waals surface area contributed by atoms with Gasteiger partial charge in [-0.2, -0.15) is 13.2 Å². The van der Waals surface area contributed by atoms with Crippen LogP contribution in [0.3, 0.4) is 0 Å². The molecule has 2 heterocycles. The largest absolute Gasteiger partial charge is 0.490 e. The third-order valence-corrected chi connectivity index (χ3v) is 4.46. The number of aliphatic carboxylic acids is 1. The number of halogens is 3. The first-order valence-corrected chi connectivity index (χ1v) is 7.59. The Kier molecular flexibility index (Phi) is 7.08. The number of piperidine rings is 1. The number of piperazine rings is 1. The van der Waals surface area contributed by atoms with Gasteiger partial charge in [0.1, 0.15) is 0 Å². The van der Waals surface area contributed by atoms with Gasteiger partial charge in [-0.3, -0.25) is 9.80 Å². The van der Waals surface area contributed by atoms with Gasteiger partial charge in [0.2, 0.25) is 0 Å². The highest BCUT2D eigenvalue weighted by Gasteiger charge is 2.38. The summed E-state index contributed by atoms with van der Waals surface area (Å²) in [5.41, 5.74) is 0. The minimum atomic E-state index is -5.08. The molecular weight excluding hydrogens is 299 g/mol. The van der Waals surface area contributed by atoms with Crippen LogP contribution in [0.5, 0.6) is 0 Å². The van der Waals surface area contributed by atoms with Crippen LogP contribution in [0.15, 0.2) is 0 Å². The summed E-state index contributed by atoms with van der Waals surface area (Å²) >= 11 is 0. The number of nitrogens with zero attached hydrogens (tertiary/aromatic N) is 2. The maximum atomic E-state index is 10.6. The van der Waals surface area contributed by atoms with E-state index in [-0.39, 0.29) is 0 Å². The van der Waals surface area contributed by atoms with Crippen LogP contribution in [0.4, 0.5) is 13.2 Å². The fourth-order valence-corrected chi connectivity index (χ4v) is 2.92. The van der Waals surface area contributed by atoms with E-state index >= 15 is 0 Å². The lowest BCUT2D eigenvalue weighted by Crippen LogP contribution is -2.58. The monoisotopic (exact) mass is 325 g/mol. The topological polar surface area (TPSA) is 55.8 Å². The molecule has 2 aliphatic rings. The van der Waals surface area contributed by atoms with Crippen LogP contribution in [0, 0.1) is 0 Å². The average Bonchev–Trinajstić information content (AvgIpc) is 2.45. The quantitative estimate of drug-likeness (QED) is 0.763. The molecule has 0 aliphatic carbocycles. The van der Waals surface area contributed by atoms with Gasteiger partial charge in [-0.15, -0.1) is 0 Å². The summed E-state index contributed by atoms with van der Waals surface area (Å²) in [7, 11) is 2.26. The molecule has 0 aromatic rings. The molecule has 2 atom stereocenters. The number of carboxylic acid groups (broad SMARTS) is 1. The van der Waals surface area contributed by atoms with Crippen molar-refractivity contribution >= 4 is 5.97 Å². The van der Waals surface area contributed by atoms with E-state index in [1.165, 1.54) is 39.0 Å². The molecule has 0 aromatic heterocycles. The van der Waals surface area contributed by atoms with Crippen molar-refractivity contribution < 1.29 is 23.1 Å². The van der Waals surface area contributed by atoms with Crippen LogP contribution in [-0.4, -0.2) is 78.4 Å². The first-order chi connectivity index (χ1) is 10.1. The molecule has 0 saturated carbocycles. The van der Waals surface area contributed by atoms with Crippen molar-refractivity contribution in [2.75, 3.05) is 33.2 Å². The van der Waals surface area contributed by atoms with Crippen molar-refractivity contribution in [2.45, 2.75) is 51.0 Å². The zero-order chi connectivity index (χ0) is 16.9. The number of carbonyl (C=O) groups is 1. The van der Waals surface area contributed by atoms with Crippen molar-refractivity contribution in [1.29, 1.82) is 0 Å². The zero-order valence-electron chi connectivity index (χ0n) is 13.4. The van der Waals surface area contributed by atoms with E-state index in [2.05, 4.69) is 36.0 Å². The fraction of sp³-hybridized carbons (Fsp3) is 0.929. The van der Waals surface area contributed by atoms with E-state index in [0.717, 1.165) is 6.04 Å². The summed E-state index contributed by atoms with van der Waals surface area (Å²) in [6.45, 7) is 9.63. The predicted octanol–water partition coefficient (Wildman–Crippen LogP) is 1.40. The van der Waals surface area contributed by atoms with Crippen LogP contribution in [0.25, 0.3) is 0 Å². The normalized spacial score (nSPS) is 28.8. The zero-order valence-corrected chi connectivity index (χ0v) is 13.4. The smallest absolute Gasteiger partial charge is 0.475 e. The summed E-state index contributed by atoms with van der Waals surface area (Å²) in [4.78, 5) is 14.1. The molecular formula is C14H26F3N3O2. The third kappa shape index (κ3) is 5.73. The van der Waals surface area contributed by atoms with E-state index < -0.39 is 12.1 Å². The van der Waals surface area contributed by atoms with Crippen LogP contribution in [-0.2, 0) is 4.79 Å². The molecule has 2 saturated heterocycles. The number of alkyl halides is 3. The van der Waals surface area contributed by atoms with Crippen molar-refractivity contribution in [3.8, 4) is 0 Å². The Labute approximate surface area is 129 Å². The molecule has 0 unspecified atom stereocenters. The summed E-state index contributed by atoms with van der Waals surface area (Å²) < 4.78 is 31.7. The Balaban J connectivity index is 0.000000295. The SMILES string of the molecule is C[C@@H]1CN(C2CCNCC2)C[C@H](C)N1C.O=C(O)C(F)(F)F. The van der Waals surface area contributed by atoms with Gasteiger partial charge >= 0.3 is 12.1 Å². The standard InChI is InChI=1S/C12H25N3.C2HF3O2/c1-10-8-15(9-11(2)14(10)3)12-4-6-13-7-5-12;3-2(4,5)1(6)7/h10-13H,4-9H2,1-3H3;(H,6,7)/t10-,11+;. The maximum absolute atomic E-state index is 10.6. The molecule has 2 rings (SSSR count). The van der Waals surface area contributed by atoms with Gasteiger partial charge in [0.05, 0.1) is 0 Å². The minimum absolute atomic E-state index is 0.712. The Bertz CT molecular complexity index is 348. The second kappa shape index (κ2) is 8.12. The molecule has 5 nitrogen and oxygen atoms in total. The summed E-state index contributed by atoms with van der Waals surface area (Å²) in [5.74, 6) is -2.76.